The predicted octanol–water partition coefficient (Wildman–Crippen LogP) is 4.51. The quantitative estimate of drug-likeness (QED) is 0.615. The van der Waals surface area contributed by atoms with Crippen molar-refractivity contribution in [1.82, 2.24) is 4.98 Å². The predicted molar refractivity (Wildman–Crippen MR) is 98.1 cm³/mol. The number of esters is 1. The van der Waals surface area contributed by atoms with Crippen molar-refractivity contribution >= 4 is 17.6 Å². The maximum absolute atomic E-state index is 12.4. The lowest BCUT2D eigenvalue weighted by Crippen LogP contribution is -2.06. The van der Waals surface area contributed by atoms with Gasteiger partial charge in [-0.1, -0.05) is 29.8 Å². The molecule has 0 atom stereocenters. The van der Waals surface area contributed by atoms with Crippen LogP contribution in [0, 0.1) is 0 Å². The van der Waals surface area contributed by atoms with Gasteiger partial charge in [0.25, 0.3) is 0 Å². The van der Waals surface area contributed by atoms with Crippen LogP contribution in [0.4, 0.5) is 0 Å². The number of benzene rings is 2. The third kappa shape index (κ3) is 3.90. The standard InChI is InChI=1S/C20H16ClNO5/c21-16-9-14(10-17-18(16)25-8-4-7-24-17)20(23)27-12-15-11-26-19(22-15)13-5-2-1-3-6-13/h1-3,5-6,9-11H,4,7-8,12H2. The van der Waals surface area contributed by atoms with Crippen molar-refractivity contribution in [3.63, 3.8) is 0 Å². The first-order valence-corrected chi connectivity index (χ1v) is 8.84. The molecular weight excluding hydrogens is 370 g/mol. The summed E-state index contributed by atoms with van der Waals surface area (Å²) in [4.78, 5) is 16.7. The van der Waals surface area contributed by atoms with E-state index in [1.807, 2.05) is 30.3 Å². The third-order valence-corrected chi connectivity index (χ3v) is 4.24. The number of ether oxygens (including phenoxy) is 3. The van der Waals surface area contributed by atoms with E-state index in [4.69, 9.17) is 30.2 Å². The normalized spacial score (nSPS) is 13.1. The molecule has 0 radical (unpaired) electrons. The fraction of sp³-hybridized carbons (Fsp3) is 0.200. The number of carbonyl (C=O) groups excluding carboxylic acids is 1. The van der Waals surface area contributed by atoms with E-state index < -0.39 is 5.97 Å². The van der Waals surface area contributed by atoms with E-state index in [1.165, 1.54) is 12.3 Å². The molecule has 7 heteroatoms. The van der Waals surface area contributed by atoms with E-state index in [0.29, 0.717) is 41.3 Å². The highest BCUT2D eigenvalue weighted by atomic mass is 35.5. The van der Waals surface area contributed by atoms with E-state index in [1.54, 1.807) is 6.07 Å². The minimum atomic E-state index is -0.531. The lowest BCUT2D eigenvalue weighted by molar-refractivity contribution is 0.0467. The Balaban J connectivity index is 1.45. The molecule has 0 amide bonds. The van der Waals surface area contributed by atoms with Gasteiger partial charge in [0.05, 0.1) is 23.8 Å². The minimum Gasteiger partial charge on any atom is -0.489 e. The van der Waals surface area contributed by atoms with Crippen molar-refractivity contribution in [3.8, 4) is 23.0 Å². The number of nitrogens with zero attached hydrogens (tertiary/aromatic N) is 1. The molecular formula is C20H16ClNO5. The minimum absolute atomic E-state index is 0.0127. The summed E-state index contributed by atoms with van der Waals surface area (Å²) >= 11 is 6.21. The smallest absolute Gasteiger partial charge is 0.338 e. The van der Waals surface area contributed by atoms with Crippen LogP contribution in [-0.4, -0.2) is 24.2 Å². The van der Waals surface area contributed by atoms with Crippen LogP contribution in [0.25, 0.3) is 11.5 Å². The van der Waals surface area contributed by atoms with E-state index in [2.05, 4.69) is 4.98 Å². The van der Waals surface area contributed by atoms with Gasteiger partial charge < -0.3 is 18.6 Å². The van der Waals surface area contributed by atoms with Crippen LogP contribution in [0.3, 0.4) is 0 Å². The molecule has 2 heterocycles. The van der Waals surface area contributed by atoms with Crippen molar-refractivity contribution in [2.75, 3.05) is 13.2 Å². The first kappa shape index (κ1) is 17.4. The summed E-state index contributed by atoms with van der Waals surface area (Å²) in [5, 5.41) is 0.314. The number of hydrogen-bond donors (Lipinski definition) is 0. The van der Waals surface area contributed by atoms with Gasteiger partial charge in [-0.3, -0.25) is 0 Å². The molecule has 0 N–H and O–H groups in total. The van der Waals surface area contributed by atoms with Crippen LogP contribution >= 0.6 is 11.6 Å². The Labute approximate surface area is 160 Å². The SMILES string of the molecule is O=C(OCc1coc(-c2ccccc2)n1)c1cc(Cl)c2c(c1)OCCCO2. The Morgan fingerprint density at radius 1 is 1.15 bits per heavy atom. The van der Waals surface area contributed by atoms with E-state index in [-0.39, 0.29) is 12.2 Å². The topological polar surface area (TPSA) is 70.8 Å². The van der Waals surface area contributed by atoms with Gasteiger partial charge in [0, 0.05) is 12.0 Å². The highest BCUT2D eigenvalue weighted by Crippen LogP contribution is 2.38. The molecule has 3 aromatic rings. The highest BCUT2D eigenvalue weighted by molar-refractivity contribution is 6.32. The van der Waals surface area contributed by atoms with Gasteiger partial charge in [-0.15, -0.1) is 0 Å². The van der Waals surface area contributed by atoms with E-state index in [0.717, 1.165) is 12.0 Å². The molecule has 1 aromatic heterocycles. The summed E-state index contributed by atoms with van der Waals surface area (Å²) in [7, 11) is 0. The van der Waals surface area contributed by atoms with Crippen molar-refractivity contribution in [2.45, 2.75) is 13.0 Å². The van der Waals surface area contributed by atoms with Crippen LogP contribution in [-0.2, 0) is 11.3 Å². The number of aromatic nitrogens is 1. The van der Waals surface area contributed by atoms with Crippen LogP contribution in [0.1, 0.15) is 22.5 Å². The van der Waals surface area contributed by atoms with Gasteiger partial charge in [-0.25, -0.2) is 9.78 Å². The number of oxazole rings is 1. The van der Waals surface area contributed by atoms with Gasteiger partial charge in [0.1, 0.15) is 18.6 Å². The Morgan fingerprint density at radius 3 is 2.81 bits per heavy atom. The second-order valence-corrected chi connectivity index (χ2v) is 6.33. The summed E-state index contributed by atoms with van der Waals surface area (Å²) in [5.74, 6) is 0.839. The molecule has 2 aromatic carbocycles. The van der Waals surface area contributed by atoms with Gasteiger partial charge in [-0.2, -0.15) is 0 Å². The largest absolute Gasteiger partial charge is 0.489 e. The summed E-state index contributed by atoms with van der Waals surface area (Å²) in [6, 6.07) is 12.6. The second-order valence-electron chi connectivity index (χ2n) is 5.92. The Kier molecular flexibility index (Phi) is 4.98. The summed E-state index contributed by atoms with van der Waals surface area (Å²) in [6.07, 6.45) is 2.22. The number of fused-ring (bicyclic) bond motifs is 1. The maximum Gasteiger partial charge on any atom is 0.338 e. The molecule has 0 unspecified atom stereocenters. The molecule has 0 saturated carbocycles. The lowest BCUT2D eigenvalue weighted by atomic mass is 10.2. The number of carbonyl (C=O) groups is 1. The van der Waals surface area contributed by atoms with E-state index in [9.17, 15) is 4.79 Å². The van der Waals surface area contributed by atoms with Gasteiger partial charge in [-0.05, 0) is 24.3 Å². The molecule has 0 aliphatic carbocycles. The van der Waals surface area contributed by atoms with Crippen molar-refractivity contribution in [3.05, 3.63) is 65.0 Å². The third-order valence-electron chi connectivity index (χ3n) is 3.96. The number of rotatable bonds is 4. The van der Waals surface area contributed by atoms with Crippen LogP contribution in [0.2, 0.25) is 5.02 Å². The molecule has 0 bridgehead atoms. The zero-order chi connectivity index (χ0) is 18.6. The molecule has 1 aliphatic heterocycles. The average molecular weight is 386 g/mol. The Morgan fingerprint density at radius 2 is 1.96 bits per heavy atom. The zero-order valence-corrected chi connectivity index (χ0v) is 15.1. The Bertz CT molecular complexity index is 954. The van der Waals surface area contributed by atoms with Crippen LogP contribution in [0.5, 0.6) is 11.5 Å². The van der Waals surface area contributed by atoms with Gasteiger partial charge in [0.15, 0.2) is 11.5 Å². The van der Waals surface area contributed by atoms with Gasteiger partial charge >= 0.3 is 5.97 Å². The fourth-order valence-corrected chi connectivity index (χ4v) is 2.92. The maximum atomic E-state index is 12.4. The number of halogens is 1. The monoisotopic (exact) mass is 385 g/mol. The van der Waals surface area contributed by atoms with E-state index >= 15 is 0 Å². The molecule has 0 fully saturated rings. The first-order valence-electron chi connectivity index (χ1n) is 8.47. The fourth-order valence-electron chi connectivity index (χ4n) is 2.66. The molecule has 1 aliphatic rings. The molecule has 0 saturated heterocycles. The van der Waals surface area contributed by atoms with Gasteiger partial charge in [0.2, 0.25) is 5.89 Å². The van der Waals surface area contributed by atoms with Crippen molar-refractivity contribution in [2.24, 2.45) is 0 Å². The van der Waals surface area contributed by atoms with Crippen LogP contribution < -0.4 is 9.47 Å². The summed E-state index contributed by atoms with van der Waals surface area (Å²) in [5.41, 5.74) is 1.66. The molecule has 27 heavy (non-hydrogen) atoms. The molecule has 138 valence electrons. The second kappa shape index (κ2) is 7.72. The first-order chi connectivity index (χ1) is 13.2. The van der Waals surface area contributed by atoms with Crippen LogP contribution in [0.15, 0.2) is 53.1 Å². The summed E-state index contributed by atoms with van der Waals surface area (Å²) < 4.78 is 21.9. The van der Waals surface area contributed by atoms with Crippen molar-refractivity contribution < 1.29 is 23.4 Å². The highest BCUT2D eigenvalue weighted by Gasteiger charge is 2.19. The van der Waals surface area contributed by atoms with Crippen molar-refractivity contribution in [1.29, 1.82) is 0 Å². The average Bonchev–Trinajstić information content (AvgIpc) is 3.04. The zero-order valence-electron chi connectivity index (χ0n) is 14.3. The molecule has 4 rings (SSSR count). The molecule has 0 spiro atoms. The summed E-state index contributed by atoms with van der Waals surface area (Å²) in [6.45, 7) is 1.01. The molecule has 6 nitrogen and oxygen atoms in total. The number of hydrogen-bond acceptors (Lipinski definition) is 6. The lowest BCUT2D eigenvalue weighted by Gasteiger charge is -2.11. The Hall–Kier alpha value is -2.99.